The molecule has 0 radical (unpaired) electrons. The van der Waals surface area contributed by atoms with Crippen molar-refractivity contribution in [2.24, 2.45) is 17.8 Å². The summed E-state index contributed by atoms with van der Waals surface area (Å²) in [4.78, 5) is 2.52. The molecule has 0 N–H and O–H groups in total. The van der Waals surface area contributed by atoms with Crippen LogP contribution in [-0.4, -0.2) is 30.8 Å². The molecule has 1 saturated carbocycles. The Morgan fingerprint density at radius 3 is 2.33 bits per heavy atom. The first-order valence-electron chi connectivity index (χ1n) is 6.43. The molecule has 0 bridgehead atoms. The van der Waals surface area contributed by atoms with Gasteiger partial charge in [0.2, 0.25) is 0 Å². The summed E-state index contributed by atoms with van der Waals surface area (Å²) in [5.74, 6) is 3.50. The number of thiol groups is 1. The Kier molecular flexibility index (Phi) is 6.06. The molecular formula is C13H27NS. The number of rotatable bonds is 6. The van der Waals surface area contributed by atoms with E-state index in [0.29, 0.717) is 0 Å². The molecule has 0 aromatic heterocycles. The second-order valence-corrected chi connectivity index (χ2v) is 5.92. The summed E-state index contributed by atoms with van der Waals surface area (Å²) >= 11 is 4.45. The highest BCUT2D eigenvalue weighted by Crippen LogP contribution is 2.25. The maximum atomic E-state index is 4.45. The van der Waals surface area contributed by atoms with Crippen LogP contribution in [0, 0.1) is 17.8 Å². The van der Waals surface area contributed by atoms with E-state index in [2.05, 4.69) is 38.4 Å². The van der Waals surface area contributed by atoms with Crippen molar-refractivity contribution in [2.45, 2.75) is 39.5 Å². The van der Waals surface area contributed by atoms with Crippen LogP contribution in [-0.2, 0) is 0 Å². The maximum Gasteiger partial charge on any atom is 0.00170 e. The molecule has 0 amide bonds. The van der Waals surface area contributed by atoms with Crippen LogP contribution in [0.3, 0.4) is 0 Å². The lowest BCUT2D eigenvalue weighted by molar-refractivity contribution is 0.222. The molecular weight excluding hydrogens is 202 g/mol. The van der Waals surface area contributed by atoms with E-state index >= 15 is 0 Å². The second kappa shape index (κ2) is 6.80. The molecule has 1 unspecified atom stereocenters. The van der Waals surface area contributed by atoms with Gasteiger partial charge >= 0.3 is 0 Å². The Balaban J connectivity index is 2.23. The van der Waals surface area contributed by atoms with Crippen LogP contribution >= 0.6 is 12.6 Å². The Morgan fingerprint density at radius 2 is 1.87 bits per heavy atom. The molecule has 1 fully saturated rings. The first-order chi connectivity index (χ1) is 7.13. The van der Waals surface area contributed by atoms with Crippen molar-refractivity contribution in [3.8, 4) is 0 Å². The van der Waals surface area contributed by atoms with Crippen LogP contribution in [0.15, 0.2) is 0 Å². The summed E-state index contributed by atoms with van der Waals surface area (Å²) in [6.07, 6.45) is 5.83. The van der Waals surface area contributed by atoms with Gasteiger partial charge in [-0.3, -0.25) is 0 Å². The number of nitrogens with zero attached hydrogens (tertiary/aromatic N) is 1. The third kappa shape index (κ3) is 4.78. The lowest BCUT2D eigenvalue weighted by atomic mass is 9.97. The van der Waals surface area contributed by atoms with Gasteiger partial charge in [0.05, 0.1) is 0 Å². The Bertz CT molecular complexity index is 164. The van der Waals surface area contributed by atoms with Crippen molar-refractivity contribution < 1.29 is 0 Å². The van der Waals surface area contributed by atoms with Crippen LogP contribution in [0.5, 0.6) is 0 Å². The molecule has 15 heavy (non-hydrogen) atoms. The quantitative estimate of drug-likeness (QED) is 0.684. The monoisotopic (exact) mass is 229 g/mol. The van der Waals surface area contributed by atoms with Crippen molar-refractivity contribution in [1.29, 1.82) is 0 Å². The SMILES string of the molecule is CC(C)C(CS)CN(C)CC1CCCC1. The standard InChI is InChI=1S/C13H27NS/c1-11(2)13(10-15)9-14(3)8-12-6-4-5-7-12/h11-13,15H,4-10H2,1-3H3. The molecule has 2 heteroatoms. The normalized spacial score (nSPS) is 20.4. The predicted octanol–water partition coefficient (Wildman–Crippen LogP) is 3.31. The van der Waals surface area contributed by atoms with Gasteiger partial charge < -0.3 is 4.90 Å². The van der Waals surface area contributed by atoms with Gasteiger partial charge in [0.15, 0.2) is 0 Å². The minimum absolute atomic E-state index is 0.750. The molecule has 0 aromatic rings. The molecule has 0 aliphatic heterocycles. The highest BCUT2D eigenvalue weighted by Gasteiger charge is 2.19. The van der Waals surface area contributed by atoms with Crippen molar-refractivity contribution in [3.05, 3.63) is 0 Å². The Morgan fingerprint density at radius 1 is 1.27 bits per heavy atom. The molecule has 90 valence electrons. The summed E-state index contributed by atoms with van der Waals surface area (Å²) < 4.78 is 0. The van der Waals surface area contributed by atoms with E-state index in [1.54, 1.807) is 0 Å². The fourth-order valence-corrected chi connectivity index (χ4v) is 3.13. The molecule has 0 spiro atoms. The van der Waals surface area contributed by atoms with Crippen molar-refractivity contribution in [3.63, 3.8) is 0 Å². The molecule has 1 nitrogen and oxygen atoms in total. The van der Waals surface area contributed by atoms with Crippen LogP contribution < -0.4 is 0 Å². The van der Waals surface area contributed by atoms with E-state index in [9.17, 15) is 0 Å². The van der Waals surface area contributed by atoms with Gasteiger partial charge in [-0.15, -0.1) is 0 Å². The minimum Gasteiger partial charge on any atom is -0.306 e. The second-order valence-electron chi connectivity index (χ2n) is 5.56. The molecule has 0 saturated heterocycles. The van der Waals surface area contributed by atoms with Gasteiger partial charge in [0.1, 0.15) is 0 Å². The molecule has 1 rings (SSSR count). The smallest absolute Gasteiger partial charge is 0.00170 e. The fraction of sp³-hybridized carbons (Fsp3) is 1.00. The third-order valence-corrected chi connectivity index (χ3v) is 4.24. The molecule has 0 heterocycles. The lowest BCUT2D eigenvalue weighted by Gasteiger charge is -2.27. The van der Waals surface area contributed by atoms with Crippen molar-refractivity contribution in [1.82, 2.24) is 4.90 Å². The summed E-state index contributed by atoms with van der Waals surface area (Å²) in [6, 6.07) is 0. The first-order valence-corrected chi connectivity index (χ1v) is 7.06. The minimum atomic E-state index is 0.750. The highest BCUT2D eigenvalue weighted by atomic mass is 32.1. The molecule has 1 atom stereocenters. The van der Waals surface area contributed by atoms with Crippen LogP contribution in [0.1, 0.15) is 39.5 Å². The van der Waals surface area contributed by atoms with E-state index in [1.807, 2.05) is 0 Å². The zero-order valence-corrected chi connectivity index (χ0v) is 11.5. The number of hydrogen-bond acceptors (Lipinski definition) is 2. The van der Waals surface area contributed by atoms with Gasteiger partial charge in [-0.05, 0) is 43.4 Å². The van der Waals surface area contributed by atoms with E-state index < -0.39 is 0 Å². The maximum absolute atomic E-state index is 4.45. The predicted molar refractivity (Wildman–Crippen MR) is 71.6 cm³/mol. The van der Waals surface area contributed by atoms with Gasteiger partial charge in [0.25, 0.3) is 0 Å². The lowest BCUT2D eigenvalue weighted by Crippen LogP contribution is -2.32. The highest BCUT2D eigenvalue weighted by molar-refractivity contribution is 7.80. The van der Waals surface area contributed by atoms with Gasteiger partial charge in [-0.2, -0.15) is 12.6 Å². The van der Waals surface area contributed by atoms with Gasteiger partial charge in [-0.1, -0.05) is 26.7 Å². The molecule has 1 aliphatic carbocycles. The van der Waals surface area contributed by atoms with E-state index in [-0.39, 0.29) is 0 Å². The Labute approximate surface area is 101 Å². The van der Waals surface area contributed by atoms with Crippen LogP contribution in [0.2, 0.25) is 0 Å². The third-order valence-electron chi connectivity index (χ3n) is 3.77. The van der Waals surface area contributed by atoms with E-state index in [1.165, 1.54) is 38.8 Å². The zero-order chi connectivity index (χ0) is 11.3. The van der Waals surface area contributed by atoms with Crippen LogP contribution in [0.4, 0.5) is 0 Å². The van der Waals surface area contributed by atoms with Crippen molar-refractivity contribution >= 4 is 12.6 Å². The first kappa shape index (κ1) is 13.4. The Hall–Kier alpha value is 0.310. The summed E-state index contributed by atoms with van der Waals surface area (Å²) in [5, 5.41) is 0. The van der Waals surface area contributed by atoms with E-state index in [0.717, 1.165) is 23.5 Å². The van der Waals surface area contributed by atoms with Crippen molar-refractivity contribution in [2.75, 3.05) is 25.9 Å². The number of hydrogen-bond donors (Lipinski definition) is 1. The summed E-state index contributed by atoms with van der Waals surface area (Å²) in [7, 11) is 2.27. The van der Waals surface area contributed by atoms with Gasteiger partial charge in [0, 0.05) is 13.1 Å². The average molecular weight is 229 g/mol. The largest absolute Gasteiger partial charge is 0.306 e. The summed E-state index contributed by atoms with van der Waals surface area (Å²) in [5.41, 5.74) is 0. The van der Waals surface area contributed by atoms with Gasteiger partial charge in [-0.25, -0.2) is 0 Å². The topological polar surface area (TPSA) is 3.24 Å². The van der Waals surface area contributed by atoms with Crippen LogP contribution in [0.25, 0.3) is 0 Å². The fourth-order valence-electron chi connectivity index (χ4n) is 2.59. The average Bonchev–Trinajstić information content (AvgIpc) is 2.66. The molecule has 1 aliphatic rings. The van der Waals surface area contributed by atoms with E-state index in [4.69, 9.17) is 0 Å². The summed E-state index contributed by atoms with van der Waals surface area (Å²) in [6.45, 7) is 7.14. The molecule has 0 aromatic carbocycles. The zero-order valence-electron chi connectivity index (χ0n) is 10.6.